The molecule has 0 aliphatic rings. The number of hydrogen-bond donors (Lipinski definition) is 1. The Morgan fingerprint density at radius 1 is 1.30 bits per heavy atom. The SMILES string of the molecule is CC(Cn1nc(C)cc1C)=NOCC(=O)NCc1ccccc1. The van der Waals surface area contributed by atoms with Gasteiger partial charge in [0.05, 0.1) is 18.0 Å². The van der Waals surface area contributed by atoms with Gasteiger partial charge in [-0.05, 0) is 32.4 Å². The molecule has 122 valence electrons. The molecule has 1 aromatic heterocycles. The Balaban J connectivity index is 1.72. The van der Waals surface area contributed by atoms with Crippen LogP contribution in [0.4, 0.5) is 0 Å². The van der Waals surface area contributed by atoms with Crippen LogP contribution in [0.5, 0.6) is 0 Å². The average molecular weight is 314 g/mol. The molecule has 1 N–H and O–H groups in total. The Kier molecular flexibility index (Phi) is 5.91. The van der Waals surface area contributed by atoms with E-state index >= 15 is 0 Å². The quantitative estimate of drug-likeness (QED) is 0.629. The van der Waals surface area contributed by atoms with Gasteiger partial charge in [-0.3, -0.25) is 9.48 Å². The molecular weight excluding hydrogens is 292 g/mol. The molecule has 0 bridgehead atoms. The molecule has 23 heavy (non-hydrogen) atoms. The first-order valence-electron chi connectivity index (χ1n) is 7.51. The summed E-state index contributed by atoms with van der Waals surface area (Å²) in [6, 6.07) is 11.7. The second kappa shape index (κ2) is 8.12. The van der Waals surface area contributed by atoms with Gasteiger partial charge in [0.15, 0.2) is 6.61 Å². The van der Waals surface area contributed by atoms with Gasteiger partial charge in [0.2, 0.25) is 0 Å². The maximum Gasteiger partial charge on any atom is 0.261 e. The predicted molar refractivity (Wildman–Crippen MR) is 89.1 cm³/mol. The van der Waals surface area contributed by atoms with Crippen molar-refractivity contribution in [2.45, 2.75) is 33.9 Å². The molecule has 0 fully saturated rings. The molecule has 0 aliphatic heterocycles. The molecule has 0 radical (unpaired) electrons. The fourth-order valence-electron chi connectivity index (χ4n) is 2.13. The van der Waals surface area contributed by atoms with E-state index in [0.717, 1.165) is 22.7 Å². The fraction of sp³-hybridized carbons (Fsp3) is 0.353. The molecule has 0 aliphatic carbocycles. The van der Waals surface area contributed by atoms with E-state index in [0.29, 0.717) is 13.1 Å². The van der Waals surface area contributed by atoms with Gasteiger partial charge in [0, 0.05) is 12.2 Å². The highest BCUT2D eigenvalue weighted by molar-refractivity contribution is 5.81. The molecule has 0 saturated carbocycles. The van der Waals surface area contributed by atoms with Crippen molar-refractivity contribution in [1.29, 1.82) is 0 Å². The van der Waals surface area contributed by atoms with Gasteiger partial charge in [-0.2, -0.15) is 5.10 Å². The van der Waals surface area contributed by atoms with Crippen LogP contribution in [0.1, 0.15) is 23.9 Å². The number of oxime groups is 1. The normalized spacial score (nSPS) is 11.3. The van der Waals surface area contributed by atoms with Crippen molar-refractivity contribution < 1.29 is 9.63 Å². The van der Waals surface area contributed by atoms with Crippen molar-refractivity contribution in [3.8, 4) is 0 Å². The molecule has 1 heterocycles. The van der Waals surface area contributed by atoms with E-state index in [2.05, 4.69) is 15.6 Å². The third-order valence-electron chi connectivity index (χ3n) is 3.23. The molecule has 2 rings (SSSR count). The number of nitrogens with zero attached hydrogens (tertiary/aromatic N) is 3. The van der Waals surface area contributed by atoms with E-state index in [1.54, 1.807) is 0 Å². The van der Waals surface area contributed by atoms with Crippen molar-refractivity contribution in [2.24, 2.45) is 5.16 Å². The molecule has 1 amide bonds. The van der Waals surface area contributed by atoms with Crippen molar-refractivity contribution in [3.63, 3.8) is 0 Å². The van der Waals surface area contributed by atoms with Crippen molar-refractivity contribution in [3.05, 3.63) is 53.3 Å². The Morgan fingerprint density at radius 3 is 2.70 bits per heavy atom. The summed E-state index contributed by atoms with van der Waals surface area (Å²) in [5.41, 5.74) is 3.84. The zero-order valence-electron chi connectivity index (χ0n) is 13.7. The first kappa shape index (κ1) is 16.7. The van der Waals surface area contributed by atoms with Crippen LogP contribution in [0.15, 0.2) is 41.6 Å². The second-order valence-corrected chi connectivity index (χ2v) is 5.45. The van der Waals surface area contributed by atoms with Crippen LogP contribution in [0, 0.1) is 13.8 Å². The molecule has 1 aromatic carbocycles. The number of aromatic nitrogens is 2. The Bertz CT molecular complexity index is 677. The number of nitrogens with one attached hydrogen (secondary N) is 1. The Hall–Kier alpha value is -2.63. The summed E-state index contributed by atoms with van der Waals surface area (Å²) in [6.07, 6.45) is 0. The number of carbonyl (C=O) groups is 1. The Morgan fingerprint density at radius 2 is 2.04 bits per heavy atom. The lowest BCUT2D eigenvalue weighted by Gasteiger charge is -2.06. The zero-order valence-corrected chi connectivity index (χ0v) is 13.7. The van der Waals surface area contributed by atoms with Gasteiger partial charge in [0.25, 0.3) is 5.91 Å². The van der Waals surface area contributed by atoms with Gasteiger partial charge in [-0.1, -0.05) is 35.5 Å². The van der Waals surface area contributed by atoms with Crippen LogP contribution in [0.3, 0.4) is 0 Å². The number of hydrogen-bond acceptors (Lipinski definition) is 4. The smallest absolute Gasteiger partial charge is 0.261 e. The maximum absolute atomic E-state index is 11.7. The molecule has 0 saturated heterocycles. The number of aryl methyl sites for hydroxylation is 2. The van der Waals surface area contributed by atoms with Gasteiger partial charge >= 0.3 is 0 Å². The average Bonchev–Trinajstić information content (AvgIpc) is 2.84. The van der Waals surface area contributed by atoms with Crippen LogP contribution >= 0.6 is 0 Å². The minimum absolute atomic E-state index is 0.0959. The van der Waals surface area contributed by atoms with Gasteiger partial charge in [-0.15, -0.1) is 0 Å². The molecule has 0 atom stereocenters. The highest BCUT2D eigenvalue weighted by atomic mass is 16.6. The third kappa shape index (κ3) is 5.58. The van der Waals surface area contributed by atoms with Crippen LogP contribution in [0.2, 0.25) is 0 Å². The minimum Gasteiger partial charge on any atom is -0.386 e. The van der Waals surface area contributed by atoms with Gasteiger partial charge in [-0.25, -0.2) is 0 Å². The summed E-state index contributed by atoms with van der Waals surface area (Å²) in [4.78, 5) is 16.8. The number of amides is 1. The van der Waals surface area contributed by atoms with E-state index in [-0.39, 0.29) is 12.5 Å². The van der Waals surface area contributed by atoms with E-state index in [1.165, 1.54) is 0 Å². The number of carbonyl (C=O) groups excluding carboxylic acids is 1. The van der Waals surface area contributed by atoms with Gasteiger partial charge in [0.1, 0.15) is 0 Å². The van der Waals surface area contributed by atoms with E-state index < -0.39 is 0 Å². The van der Waals surface area contributed by atoms with Crippen molar-refractivity contribution in [2.75, 3.05) is 6.61 Å². The van der Waals surface area contributed by atoms with E-state index in [9.17, 15) is 4.79 Å². The lowest BCUT2D eigenvalue weighted by molar-refractivity contribution is -0.125. The molecule has 2 aromatic rings. The van der Waals surface area contributed by atoms with E-state index in [1.807, 2.05) is 61.9 Å². The standard InChI is InChI=1S/C17H22N4O2/c1-13-9-15(3)21(19-13)11-14(2)20-23-12-17(22)18-10-16-7-5-4-6-8-16/h4-9H,10-12H2,1-3H3,(H,18,22). The summed E-state index contributed by atoms with van der Waals surface area (Å²) in [6.45, 7) is 6.72. The second-order valence-electron chi connectivity index (χ2n) is 5.45. The fourth-order valence-corrected chi connectivity index (χ4v) is 2.13. The van der Waals surface area contributed by atoms with Crippen LogP contribution in [0.25, 0.3) is 0 Å². The first-order valence-corrected chi connectivity index (χ1v) is 7.51. The number of benzene rings is 1. The molecule has 0 spiro atoms. The largest absolute Gasteiger partial charge is 0.386 e. The van der Waals surface area contributed by atoms with Gasteiger partial charge < -0.3 is 10.2 Å². The minimum atomic E-state index is -0.198. The van der Waals surface area contributed by atoms with Crippen molar-refractivity contribution in [1.82, 2.24) is 15.1 Å². The third-order valence-corrected chi connectivity index (χ3v) is 3.23. The van der Waals surface area contributed by atoms with Crippen molar-refractivity contribution >= 4 is 11.6 Å². The summed E-state index contributed by atoms with van der Waals surface area (Å²) in [7, 11) is 0. The summed E-state index contributed by atoms with van der Waals surface area (Å²) < 4.78 is 1.85. The topological polar surface area (TPSA) is 68.5 Å². The van der Waals surface area contributed by atoms with Crippen LogP contribution in [-0.4, -0.2) is 28.0 Å². The summed E-state index contributed by atoms with van der Waals surface area (Å²) >= 11 is 0. The summed E-state index contributed by atoms with van der Waals surface area (Å²) in [5.74, 6) is -0.198. The predicted octanol–water partition coefficient (Wildman–Crippen LogP) is 2.21. The lowest BCUT2D eigenvalue weighted by Crippen LogP contribution is -2.26. The molecular formula is C17H22N4O2. The van der Waals surface area contributed by atoms with Crippen LogP contribution < -0.4 is 5.32 Å². The molecule has 0 unspecified atom stereocenters. The zero-order chi connectivity index (χ0) is 16.7. The highest BCUT2D eigenvalue weighted by Gasteiger charge is 2.04. The summed E-state index contributed by atoms with van der Waals surface area (Å²) in [5, 5.41) is 11.1. The molecule has 6 nitrogen and oxygen atoms in total. The molecule has 6 heteroatoms. The number of rotatable bonds is 7. The first-order chi connectivity index (χ1) is 11.0. The van der Waals surface area contributed by atoms with E-state index in [4.69, 9.17) is 4.84 Å². The highest BCUT2D eigenvalue weighted by Crippen LogP contribution is 2.02. The lowest BCUT2D eigenvalue weighted by atomic mass is 10.2. The monoisotopic (exact) mass is 314 g/mol. The maximum atomic E-state index is 11.7. The van der Waals surface area contributed by atoms with Crippen LogP contribution in [-0.2, 0) is 22.7 Å². The Labute approximate surface area is 136 Å².